The zero-order valence-corrected chi connectivity index (χ0v) is 17.7. The minimum atomic E-state index is 0.516. The zero-order valence-electron chi connectivity index (χ0n) is 17.7. The number of hydrogen-bond acceptors (Lipinski definition) is 2. The third kappa shape index (κ3) is 15.9. The molecule has 24 heavy (non-hydrogen) atoms. The molecule has 1 aliphatic rings. The smallest absolute Gasteiger partial charge is 0.0342 e. The highest BCUT2D eigenvalue weighted by Gasteiger charge is 2.12. The van der Waals surface area contributed by atoms with Crippen molar-refractivity contribution < 1.29 is 0 Å². The number of rotatable bonds is 4. The maximum absolute atomic E-state index is 3.58. The summed E-state index contributed by atoms with van der Waals surface area (Å²) in [6.07, 6.45) is 7.13. The van der Waals surface area contributed by atoms with Gasteiger partial charge in [-0.15, -0.1) is 0 Å². The Morgan fingerprint density at radius 3 is 1.67 bits per heavy atom. The lowest BCUT2D eigenvalue weighted by Gasteiger charge is -2.24. The lowest BCUT2D eigenvalue weighted by atomic mass is 9.95. The highest BCUT2D eigenvalue weighted by molar-refractivity contribution is 5.42. The molecule has 142 valence electrons. The molecule has 1 saturated carbocycles. The maximum atomic E-state index is 3.58. The molecule has 0 heterocycles. The molecule has 2 nitrogen and oxygen atoms in total. The van der Waals surface area contributed by atoms with Crippen LogP contribution in [-0.2, 0) is 0 Å². The molecule has 1 aromatic rings. The molecule has 0 spiro atoms. The van der Waals surface area contributed by atoms with E-state index in [0.29, 0.717) is 12.1 Å². The van der Waals surface area contributed by atoms with Gasteiger partial charge in [0.1, 0.15) is 0 Å². The van der Waals surface area contributed by atoms with E-state index in [1.165, 1.54) is 37.8 Å². The van der Waals surface area contributed by atoms with Crippen LogP contribution in [0.25, 0.3) is 0 Å². The van der Waals surface area contributed by atoms with Gasteiger partial charge in [-0.25, -0.2) is 0 Å². The van der Waals surface area contributed by atoms with Crippen LogP contribution in [0.3, 0.4) is 0 Å². The van der Waals surface area contributed by atoms with Gasteiger partial charge in [0.05, 0.1) is 0 Å². The predicted molar refractivity (Wildman–Crippen MR) is 113 cm³/mol. The Bertz CT molecular complexity index is 327. The van der Waals surface area contributed by atoms with Gasteiger partial charge >= 0.3 is 0 Å². The van der Waals surface area contributed by atoms with Gasteiger partial charge in [0.15, 0.2) is 0 Å². The largest absolute Gasteiger partial charge is 0.383 e. The van der Waals surface area contributed by atoms with E-state index in [1.807, 2.05) is 45.9 Å². The topological polar surface area (TPSA) is 24.1 Å². The van der Waals surface area contributed by atoms with Crippen molar-refractivity contribution >= 4 is 5.69 Å². The van der Waals surface area contributed by atoms with Gasteiger partial charge in [-0.1, -0.05) is 79.0 Å². The average Bonchev–Trinajstić information content (AvgIpc) is 2.60. The molecule has 0 saturated heterocycles. The van der Waals surface area contributed by atoms with Gasteiger partial charge in [-0.05, 0) is 38.8 Å². The van der Waals surface area contributed by atoms with Crippen molar-refractivity contribution in [1.82, 2.24) is 5.32 Å². The second kappa shape index (κ2) is 18.3. The summed E-state index contributed by atoms with van der Waals surface area (Å²) < 4.78 is 0. The van der Waals surface area contributed by atoms with Gasteiger partial charge in [0.2, 0.25) is 0 Å². The summed E-state index contributed by atoms with van der Waals surface area (Å²) in [4.78, 5) is 0. The molecule has 2 rings (SSSR count). The molecular weight excluding hydrogens is 292 g/mol. The van der Waals surface area contributed by atoms with Crippen molar-refractivity contribution in [2.45, 2.75) is 106 Å². The Balaban J connectivity index is 0. The van der Waals surface area contributed by atoms with E-state index in [9.17, 15) is 0 Å². The van der Waals surface area contributed by atoms with Crippen molar-refractivity contribution in [1.29, 1.82) is 0 Å². The summed E-state index contributed by atoms with van der Waals surface area (Å²) in [5.41, 5.74) is 1.19. The fourth-order valence-electron chi connectivity index (χ4n) is 2.61. The van der Waals surface area contributed by atoms with E-state index < -0.39 is 0 Å². The van der Waals surface area contributed by atoms with E-state index in [-0.39, 0.29) is 0 Å². The molecule has 0 aliphatic heterocycles. The van der Waals surface area contributed by atoms with Crippen molar-refractivity contribution in [3.8, 4) is 0 Å². The van der Waals surface area contributed by atoms with Crippen LogP contribution < -0.4 is 10.6 Å². The van der Waals surface area contributed by atoms with Crippen LogP contribution in [0.4, 0.5) is 5.69 Å². The SMILES string of the molecule is CC.CC.CC(C)NC1CCCCC1.CC(C)Nc1ccccc1. The number of nitrogens with one attached hydrogen (secondary N) is 2. The van der Waals surface area contributed by atoms with Crippen molar-refractivity contribution in [3.63, 3.8) is 0 Å². The fourth-order valence-corrected chi connectivity index (χ4v) is 2.61. The first-order chi connectivity index (χ1) is 11.6. The van der Waals surface area contributed by atoms with Gasteiger partial charge in [-0.2, -0.15) is 0 Å². The Morgan fingerprint density at radius 2 is 1.25 bits per heavy atom. The van der Waals surface area contributed by atoms with Crippen LogP contribution in [0.15, 0.2) is 30.3 Å². The van der Waals surface area contributed by atoms with E-state index in [1.54, 1.807) is 0 Å². The van der Waals surface area contributed by atoms with Crippen molar-refractivity contribution in [2.75, 3.05) is 5.32 Å². The molecule has 0 atom stereocenters. The van der Waals surface area contributed by atoms with Crippen LogP contribution in [-0.4, -0.2) is 18.1 Å². The third-order valence-electron chi connectivity index (χ3n) is 3.40. The van der Waals surface area contributed by atoms with E-state index >= 15 is 0 Å². The number of benzene rings is 1. The first-order valence-corrected chi connectivity index (χ1v) is 10.2. The van der Waals surface area contributed by atoms with E-state index in [2.05, 4.69) is 50.5 Å². The van der Waals surface area contributed by atoms with Crippen LogP contribution in [0.5, 0.6) is 0 Å². The van der Waals surface area contributed by atoms with Crippen molar-refractivity contribution in [2.24, 2.45) is 0 Å². The summed E-state index contributed by atoms with van der Waals surface area (Å²) in [5, 5.41) is 6.89. The number of anilines is 1. The lowest BCUT2D eigenvalue weighted by Crippen LogP contribution is -2.35. The first-order valence-electron chi connectivity index (χ1n) is 10.2. The Kier molecular flexibility index (Phi) is 19.3. The van der Waals surface area contributed by atoms with Gasteiger partial charge in [0.25, 0.3) is 0 Å². The van der Waals surface area contributed by atoms with Crippen LogP contribution in [0, 0.1) is 0 Å². The minimum Gasteiger partial charge on any atom is -0.383 e. The molecule has 2 N–H and O–H groups in total. The molecule has 0 radical (unpaired) electrons. The molecule has 0 amide bonds. The molecule has 1 fully saturated rings. The van der Waals surface area contributed by atoms with Crippen LogP contribution in [0.1, 0.15) is 87.5 Å². The standard InChI is InChI=1S/C9H19N.C9H13N.2C2H6/c2*1-8(2)10-9-6-4-3-5-7-9;2*1-2/h8-10H,3-7H2,1-2H3;3-8,10H,1-2H3;2*1-2H3. The molecule has 1 aromatic carbocycles. The minimum absolute atomic E-state index is 0.516. The third-order valence-corrected chi connectivity index (χ3v) is 3.40. The highest BCUT2D eigenvalue weighted by atomic mass is 14.9. The number of hydrogen-bond donors (Lipinski definition) is 2. The summed E-state index contributed by atoms with van der Waals surface area (Å²) in [6.45, 7) is 16.7. The van der Waals surface area contributed by atoms with Crippen LogP contribution in [0.2, 0.25) is 0 Å². The molecule has 0 bridgehead atoms. The summed E-state index contributed by atoms with van der Waals surface area (Å²) in [7, 11) is 0. The lowest BCUT2D eigenvalue weighted by molar-refractivity contribution is 0.352. The molecule has 0 unspecified atom stereocenters. The second-order valence-electron chi connectivity index (χ2n) is 6.32. The summed E-state index contributed by atoms with van der Waals surface area (Å²) >= 11 is 0. The summed E-state index contributed by atoms with van der Waals surface area (Å²) in [5.74, 6) is 0. The summed E-state index contributed by atoms with van der Waals surface area (Å²) in [6, 6.07) is 12.2. The van der Waals surface area contributed by atoms with Gasteiger partial charge in [0, 0.05) is 23.8 Å². The quantitative estimate of drug-likeness (QED) is 0.626. The Hall–Kier alpha value is -1.02. The van der Waals surface area contributed by atoms with Gasteiger partial charge < -0.3 is 10.6 Å². The Morgan fingerprint density at radius 1 is 0.750 bits per heavy atom. The predicted octanol–water partition coefficient (Wildman–Crippen LogP) is 6.88. The fraction of sp³-hybridized carbons (Fsp3) is 0.727. The normalized spacial score (nSPS) is 13.8. The Labute approximate surface area is 152 Å². The highest BCUT2D eigenvalue weighted by Crippen LogP contribution is 2.17. The average molecular weight is 337 g/mol. The molecule has 2 heteroatoms. The van der Waals surface area contributed by atoms with Gasteiger partial charge in [-0.3, -0.25) is 0 Å². The first kappa shape index (κ1) is 25.2. The van der Waals surface area contributed by atoms with Crippen LogP contribution >= 0.6 is 0 Å². The molecule has 0 aromatic heterocycles. The second-order valence-corrected chi connectivity index (χ2v) is 6.32. The van der Waals surface area contributed by atoms with E-state index in [0.717, 1.165) is 6.04 Å². The van der Waals surface area contributed by atoms with Crippen molar-refractivity contribution in [3.05, 3.63) is 30.3 Å². The number of para-hydroxylation sites is 1. The molecular formula is C22H44N2. The van der Waals surface area contributed by atoms with E-state index in [4.69, 9.17) is 0 Å². The monoisotopic (exact) mass is 336 g/mol. The molecule has 1 aliphatic carbocycles. The zero-order chi connectivity index (χ0) is 18.8. The maximum Gasteiger partial charge on any atom is 0.0342 e.